The maximum Gasteiger partial charge on any atom is 0.272 e. The maximum absolute atomic E-state index is 12.8. The van der Waals surface area contributed by atoms with Gasteiger partial charge in [0.25, 0.3) is 11.5 Å². The number of aryl methyl sites for hydroxylation is 2. The van der Waals surface area contributed by atoms with Crippen LogP contribution in [0.5, 0.6) is 0 Å². The molecule has 1 aromatic carbocycles. The van der Waals surface area contributed by atoms with E-state index >= 15 is 0 Å². The lowest BCUT2D eigenvalue weighted by molar-refractivity contribution is 0.0905. The summed E-state index contributed by atoms with van der Waals surface area (Å²) in [4.78, 5) is 27.2. The van der Waals surface area contributed by atoms with Crippen molar-refractivity contribution in [3.63, 3.8) is 0 Å². The van der Waals surface area contributed by atoms with E-state index in [9.17, 15) is 9.59 Å². The van der Waals surface area contributed by atoms with Crippen LogP contribution in [-0.2, 0) is 13.6 Å². The lowest BCUT2D eigenvalue weighted by atomic mass is 10.0. The molecule has 3 heterocycles. The van der Waals surface area contributed by atoms with E-state index in [2.05, 4.69) is 20.4 Å². The first-order valence-electron chi connectivity index (χ1n) is 10.5. The quantitative estimate of drug-likeness (QED) is 0.671. The minimum atomic E-state index is -0.145. The van der Waals surface area contributed by atoms with Crippen LogP contribution in [0.15, 0.2) is 41.2 Å². The summed E-state index contributed by atoms with van der Waals surface area (Å²) in [5.41, 5.74) is 2.16. The average molecular weight is 409 g/mol. The van der Waals surface area contributed by atoms with Gasteiger partial charge >= 0.3 is 0 Å². The fraction of sp³-hybridized carbons (Fsp3) is 0.455. The van der Waals surface area contributed by atoms with Crippen LogP contribution in [0.1, 0.15) is 35.4 Å². The largest absolute Gasteiger partial charge is 0.349 e. The van der Waals surface area contributed by atoms with Crippen molar-refractivity contribution in [3.8, 4) is 0 Å². The predicted octanol–water partition coefficient (Wildman–Crippen LogP) is 1.72. The molecule has 8 nitrogen and oxygen atoms in total. The Morgan fingerprint density at radius 2 is 1.97 bits per heavy atom. The molecular weight excluding hydrogens is 380 g/mol. The highest BCUT2D eigenvalue weighted by Crippen LogP contribution is 2.19. The molecule has 2 aromatic heterocycles. The summed E-state index contributed by atoms with van der Waals surface area (Å²) < 4.78 is 3.27. The van der Waals surface area contributed by atoms with Crippen LogP contribution in [0.3, 0.4) is 0 Å². The lowest BCUT2D eigenvalue weighted by Crippen LogP contribution is -2.48. The van der Waals surface area contributed by atoms with Crippen LogP contribution >= 0.6 is 0 Å². The zero-order chi connectivity index (χ0) is 21.1. The normalized spacial score (nSPS) is 17.3. The van der Waals surface area contributed by atoms with E-state index in [1.165, 1.54) is 4.68 Å². The van der Waals surface area contributed by atoms with Crippen LogP contribution in [0.25, 0.3) is 10.9 Å². The summed E-state index contributed by atoms with van der Waals surface area (Å²) in [6, 6.07) is 11.3. The van der Waals surface area contributed by atoms with E-state index in [4.69, 9.17) is 0 Å². The summed E-state index contributed by atoms with van der Waals surface area (Å²) in [5.74, 6) is -0.145. The molecule has 1 unspecified atom stereocenters. The van der Waals surface area contributed by atoms with E-state index in [1.807, 2.05) is 38.2 Å². The number of aromatic nitrogens is 4. The van der Waals surface area contributed by atoms with E-state index < -0.39 is 0 Å². The number of piperidine rings is 1. The molecule has 1 fully saturated rings. The second kappa shape index (κ2) is 8.79. The highest BCUT2D eigenvalue weighted by molar-refractivity contribution is 6.04. The van der Waals surface area contributed by atoms with Crippen molar-refractivity contribution in [1.29, 1.82) is 0 Å². The summed E-state index contributed by atoms with van der Waals surface area (Å²) in [7, 11) is 1.85. The third-order valence-corrected chi connectivity index (χ3v) is 5.82. The molecule has 4 rings (SSSR count). The zero-order valence-electron chi connectivity index (χ0n) is 17.5. The van der Waals surface area contributed by atoms with Crippen LogP contribution in [-0.4, -0.2) is 56.0 Å². The topological polar surface area (TPSA) is 85.0 Å². The van der Waals surface area contributed by atoms with Crippen molar-refractivity contribution in [1.82, 2.24) is 29.8 Å². The molecule has 1 atom stereocenters. The number of amides is 1. The Morgan fingerprint density at radius 1 is 1.13 bits per heavy atom. The fourth-order valence-electron chi connectivity index (χ4n) is 4.20. The van der Waals surface area contributed by atoms with Crippen molar-refractivity contribution < 1.29 is 4.79 Å². The molecule has 1 aliphatic heterocycles. The lowest BCUT2D eigenvalue weighted by Gasteiger charge is -2.35. The summed E-state index contributed by atoms with van der Waals surface area (Å²) in [6.07, 6.45) is 3.30. The second-order valence-corrected chi connectivity index (χ2v) is 7.92. The molecular formula is C22H28N6O2. The molecule has 8 heteroatoms. The van der Waals surface area contributed by atoms with Gasteiger partial charge in [0.15, 0.2) is 5.69 Å². The van der Waals surface area contributed by atoms with E-state index in [0.717, 1.165) is 48.9 Å². The molecule has 1 N–H and O–H groups in total. The SMILES string of the molecule is Cc1ccc(=O)n(CCN2CCCCC2CNC(=O)c2nn(C)c3ccccc23)n1. The molecule has 0 spiro atoms. The molecule has 158 valence electrons. The number of benzene rings is 1. The average Bonchev–Trinajstić information content (AvgIpc) is 3.10. The third kappa shape index (κ3) is 4.28. The zero-order valence-corrected chi connectivity index (χ0v) is 17.5. The van der Waals surface area contributed by atoms with E-state index in [0.29, 0.717) is 18.8 Å². The minimum Gasteiger partial charge on any atom is -0.349 e. The number of hydrogen-bond donors (Lipinski definition) is 1. The number of likely N-dealkylation sites (tertiary alicyclic amines) is 1. The van der Waals surface area contributed by atoms with Crippen LogP contribution in [0.2, 0.25) is 0 Å². The van der Waals surface area contributed by atoms with Crippen LogP contribution in [0.4, 0.5) is 0 Å². The second-order valence-electron chi connectivity index (χ2n) is 7.92. The highest BCUT2D eigenvalue weighted by Gasteiger charge is 2.24. The number of carbonyl (C=O) groups is 1. The van der Waals surface area contributed by atoms with Crippen molar-refractivity contribution in [3.05, 3.63) is 58.1 Å². The van der Waals surface area contributed by atoms with Gasteiger partial charge in [-0.15, -0.1) is 0 Å². The number of carbonyl (C=O) groups excluding carboxylic acids is 1. The van der Waals surface area contributed by atoms with Crippen molar-refractivity contribution in [2.75, 3.05) is 19.6 Å². The van der Waals surface area contributed by atoms with Gasteiger partial charge in [0.05, 0.1) is 17.8 Å². The Morgan fingerprint density at radius 3 is 2.83 bits per heavy atom. The van der Waals surface area contributed by atoms with Gasteiger partial charge in [-0.05, 0) is 38.4 Å². The van der Waals surface area contributed by atoms with Gasteiger partial charge in [-0.25, -0.2) is 4.68 Å². The van der Waals surface area contributed by atoms with Gasteiger partial charge in [-0.3, -0.25) is 19.2 Å². The molecule has 1 aliphatic rings. The smallest absolute Gasteiger partial charge is 0.272 e. The molecule has 3 aromatic rings. The predicted molar refractivity (Wildman–Crippen MR) is 115 cm³/mol. The van der Waals surface area contributed by atoms with Gasteiger partial charge in [0.2, 0.25) is 0 Å². The summed E-state index contributed by atoms with van der Waals surface area (Å²) in [6.45, 7) is 4.71. The molecule has 30 heavy (non-hydrogen) atoms. The number of para-hydroxylation sites is 1. The third-order valence-electron chi connectivity index (χ3n) is 5.82. The Kier molecular flexibility index (Phi) is 5.94. The molecule has 0 radical (unpaired) electrons. The number of nitrogens with zero attached hydrogens (tertiary/aromatic N) is 5. The van der Waals surface area contributed by atoms with Gasteiger partial charge in [-0.1, -0.05) is 24.6 Å². The van der Waals surface area contributed by atoms with Gasteiger partial charge in [-0.2, -0.15) is 10.2 Å². The van der Waals surface area contributed by atoms with Crippen LogP contribution in [0, 0.1) is 6.92 Å². The first-order chi connectivity index (χ1) is 14.5. The first kappa shape index (κ1) is 20.3. The molecule has 0 saturated carbocycles. The monoisotopic (exact) mass is 408 g/mol. The molecule has 1 amide bonds. The summed E-state index contributed by atoms with van der Waals surface area (Å²) in [5, 5.41) is 12.7. The Hall–Kier alpha value is -3.00. The Balaban J connectivity index is 1.40. The van der Waals surface area contributed by atoms with E-state index in [1.54, 1.807) is 16.8 Å². The maximum atomic E-state index is 12.8. The minimum absolute atomic E-state index is 0.0792. The van der Waals surface area contributed by atoms with Crippen molar-refractivity contribution in [2.45, 2.75) is 38.8 Å². The highest BCUT2D eigenvalue weighted by atomic mass is 16.2. The Labute approximate surface area is 175 Å². The van der Waals surface area contributed by atoms with Crippen molar-refractivity contribution >= 4 is 16.8 Å². The van der Waals surface area contributed by atoms with Crippen molar-refractivity contribution in [2.24, 2.45) is 7.05 Å². The van der Waals surface area contributed by atoms with Crippen LogP contribution < -0.4 is 10.9 Å². The Bertz CT molecular complexity index is 1100. The number of hydrogen-bond acceptors (Lipinski definition) is 5. The number of nitrogens with one attached hydrogen (secondary N) is 1. The molecule has 1 saturated heterocycles. The number of rotatable bonds is 6. The molecule has 0 bridgehead atoms. The first-order valence-corrected chi connectivity index (χ1v) is 10.5. The molecule has 0 aliphatic carbocycles. The van der Waals surface area contributed by atoms with E-state index in [-0.39, 0.29) is 17.5 Å². The van der Waals surface area contributed by atoms with Gasteiger partial charge in [0, 0.05) is 37.6 Å². The standard InChI is InChI=1S/C22H28N6O2/c1-16-10-11-20(29)28(24-16)14-13-27-12-6-5-7-17(27)15-23-22(30)21-18-8-3-4-9-19(18)26(2)25-21/h3-4,8-11,17H,5-7,12-15H2,1-2H3,(H,23,30). The number of fused-ring (bicyclic) bond motifs is 1. The fourth-order valence-corrected chi connectivity index (χ4v) is 4.20. The van der Waals surface area contributed by atoms with Gasteiger partial charge in [0.1, 0.15) is 0 Å². The summed E-state index contributed by atoms with van der Waals surface area (Å²) >= 11 is 0. The van der Waals surface area contributed by atoms with Gasteiger partial charge < -0.3 is 5.32 Å².